The number of pyridine rings is 1. The Labute approximate surface area is 247 Å². The third-order valence-electron chi connectivity index (χ3n) is 7.54. The molecule has 2 aromatic heterocycles. The van der Waals surface area contributed by atoms with E-state index in [9.17, 15) is 27.6 Å². The van der Waals surface area contributed by atoms with Gasteiger partial charge in [0.15, 0.2) is 0 Å². The third kappa shape index (κ3) is 6.98. The minimum atomic E-state index is -4.68. The summed E-state index contributed by atoms with van der Waals surface area (Å²) in [6.45, 7) is 8.64. The van der Waals surface area contributed by atoms with Crippen LogP contribution in [0.25, 0.3) is 0 Å². The predicted octanol–water partition coefficient (Wildman–Crippen LogP) is 4.14. The molecule has 1 fully saturated rings. The fraction of sp³-hybridized carbons (Fsp3) is 0.433. The van der Waals surface area contributed by atoms with Crippen LogP contribution in [-0.2, 0) is 30.3 Å². The van der Waals surface area contributed by atoms with Crippen molar-refractivity contribution < 1.29 is 22.8 Å². The highest BCUT2D eigenvalue weighted by Crippen LogP contribution is 2.52. The van der Waals surface area contributed by atoms with Gasteiger partial charge >= 0.3 is 6.18 Å². The fourth-order valence-electron chi connectivity index (χ4n) is 5.92. The molecule has 10 nitrogen and oxygen atoms in total. The Balaban J connectivity index is 1.86. The highest BCUT2D eigenvalue weighted by Gasteiger charge is 2.48. The van der Waals surface area contributed by atoms with E-state index in [1.54, 1.807) is 12.4 Å². The van der Waals surface area contributed by atoms with Crippen LogP contribution in [0.4, 0.5) is 24.5 Å². The van der Waals surface area contributed by atoms with Gasteiger partial charge in [-0.2, -0.15) is 13.2 Å². The van der Waals surface area contributed by atoms with Crippen molar-refractivity contribution >= 4 is 23.2 Å². The van der Waals surface area contributed by atoms with Crippen LogP contribution in [0.5, 0.6) is 0 Å². The Kier molecular flexibility index (Phi) is 8.84. The molecule has 43 heavy (non-hydrogen) atoms. The summed E-state index contributed by atoms with van der Waals surface area (Å²) in [5.41, 5.74) is 5.64. The topological polar surface area (TPSA) is 128 Å². The number of hydrogen-bond donors (Lipinski definition) is 2. The number of carbonyl (C=O) groups excluding carboxylic acids is 2. The zero-order valence-corrected chi connectivity index (χ0v) is 24.6. The van der Waals surface area contributed by atoms with Crippen molar-refractivity contribution in [2.45, 2.75) is 58.3 Å². The lowest BCUT2D eigenvalue weighted by Gasteiger charge is -2.46. The van der Waals surface area contributed by atoms with Gasteiger partial charge in [-0.25, -0.2) is 0 Å². The van der Waals surface area contributed by atoms with E-state index in [2.05, 4.69) is 29.0 Å². The largest absolute Gasteiger partial charge is 0.406 e. The van der Waals surface area contributed by atoms with Crippen LogP contribution in [0.1, 0.15) is 60.9 Å². The number of benzene rings is 1. The summed E-state index contributed by atoms with van der Waals surface area (Å²) in [5.74, 6) is -0.203. The summed E-state index contributed by atoms with van der Waals surface area (Å²) in [4.78, 5) is 38.9. The first-order chi connectivity index (χ1) is 20.1. The molecule has 230 valence electrons. The van der Waals surface area contributed by atoms with Gasteiger partial charge in [0.1, 0.15) is 24.3 Å². The molecule has 0 spiro atoms. The number of primary amides is 1. The lowest BCUT2D eigenvalue weighted by Crippen LogP contribution is -2.43. The summed E-state index contributed by atoms with van der Waals surface area (Å²) in [6.07, 6.45) is 0.821. The molecule has 1 saturated carbocycles. The Morgan fingerprint density at radius 3 is 2.49 bits per heavy atom. The van der Waals surface area contributed by atoms with Crippen LogP contribution in [0, 0.1) is 11.8 Å². The van der Waals surface area contributed by atoms with Gasteiger partial charge in [-0.3, -0.25) is 14.4 Å². The number of aromatic nitrogens is 4. The van der Waals surface area contributed by atoms with Crippen molar-refractivity contribution in [3.05, 3.63) is 82.3 Å². The van der Waals surface area contributed by atoms with Crippen LogP contribution < -0.4 is 21.5 Å². The second kappa shape index (κ2) is 12.1. The van der Waals surface area contributed by atoms with Gasteiger partial charge in [-0.15, -0.1) is 10.2 Å². The molecule has 0 atom stereocenters. The second-order valence-corrected chi connectivity index (χ2v) is 11.8. The fourth-order valence-corrected chi connectivity index (χ4v) is 5.92. The van der Waals surface area contributed by atoms with Gasteiger partial charge in [0.05, 0.1) is 5.41 Å². The summed E-state index contributed by atoms with van der Waals surface area (Å²) in [5, 5.41) is 11.4. The molecule has 13 heteroatoms. The molecule has 1 aliphatic carbocycles. The predicted molar refractivity (Wildman–Crippen MR) is 157 cm³/mol. The van der Waals surface area contributed by atoms with Crippen LogP contribution in [0.2, 0.25) is 0 Å². The van der Waals surface area contributed by atoms with Gasteiger partial charge in [0.25, 0.3) is 11.5 Å². The summed E-state index contributed by atoms with van der Waals surface area (Å²) in [6, 6.07) is 6.91. The number of anilines is 2. The van der Waals surface area contributed by atoms with Crippen molar-refractivity contribution in [2.75, 3.05) is 16.8 Å². The molecule has 1 aromatic carbocycles. The average molecular weight is 600 g/mol. The molecular weight excluding hydrogens is 563 g/mol. The maximum Gasteiger partial charge on any atom is 0.406 e. The van der Waals surface area contributed by atoms with Crippen LogP contribution >= 0.6 is 0 Å². The van der Waals surface area contributed by atoms with Crippen molar-refractivity contribution in [1.29, 1.82) is 0 Å². The number of alkyl halides is 3. The minimum Gasteiger partial charge on any atom is -0.367 e. The van der Waals surface area contributed by atoms with E-state index < -0.39 is 41.1 Å². The van der Waals surface area contributed by atoms with Gasteiger partial charge in [0, 0.05) is 37.7 Å². The monoisotopic (exact) mass is 599 g/mol. The van der Waals surface area contributed by atoms with E-state index in [1.165, 1.54) is 6.07 Å². The molecule has 0 saturated heterocycles. The Bertz CT molecular complexity index is 1590. The van der Waals surface area contributed by atoms with E-state index in [0.29, 0.717) is 34.0 Å². The summed E-state index contributed by atoms with van der Waals surface area (Å²) in [7, 11) is 1.88. The minimum absolute atomic E-state index is 0.0578. The molecule has 1 aliphatic rings. The molecule has 0 unspecified atom stereocenters. The first-order valence-corrected chi connectivity index (χ1v) is 13.9. The number of nitrogens with two attached hydrogens (primary N) is 1. The Morgan fingerprint density at radius 2 is 1.95 bits per heavy atom. The zero-order chi connectivity index (χ0) is 31.7. The maximum atomic E-state index is 13.3. The number of aryl methyl sites for hydroxylation is 1. The number of nitrogens with zero attached hydrogens (tertiary/aromatic N) is 5. The van der Waals surface area contributed by atoms with Gasteiger partial charge in [-0.1, -0.05) is 27.4 Å². The zero-order valence-electron chi connectivity index (χ0n) is 24.6. The smallest absolute Gasteiger partial charge is 0.367 e. The molecule has 0 aliphatic heterocycles. The van der Waals surface area contributed by atoms with Crippen LogP contribution in [0.3, 0.4) is 0 Å². The highest BCUT2D eigenvalue weighted by molar-refractivity contribution is 5.99. The number of amides is 2. The van der Waals surface area contributed by atoms with Crippen molar-refractivity contribution in [1.82, 2.24) is 19.3 Å². The molecule has 3 aromatic rings. The standard InChI is InChI=1S/C30H36F3N7O3/c1-6-25(41)36-22-8-21(29(11-19(4)12-29)28-37-35-17-38(28)5)9-23(10-22)39(13-18(2)3)14-20-7-24(26(34)42)27(43)40(15-20)16-30(31,32)33/h6-10,15,17-19H,1,11-14,16H2,2-5H3,(H2,34,42)(H,36,41). The second-order valence-electron chi connectivity index (χ2n) is 11.8. The first-order valence-electron chi connectivity index (χ1n) is 13.9. The van der Waals surface area contributed by atoms with E-state index >= 15 is 0 Å². The molecule has 0 bridgehead atoms. The summed E-state index contributed by atoms with van der Waals surface area (Å²) >= 11 is 0. The van der Waals surface area contributed by atoms with E-state index in [4.69, 9.17) is 5.73 Å². The third-order valence-corrected chi connectivity index (χ3v) is 7.54. The van der Waals surface area contributed by atoms with Crippen LogP contribution in [0.15, 0.2) is 54.2 Å². The molecule has 2 amide bonds. The normalized spacial score (nSPS) is 18.3. The number of hydrogen-bond acceptors (Lipinski definition) is 6. The summed E-state index contributed by atoms with van der Waals surface area (Å²) < 4.78 is 42.2. The highest BCUT2D eigenvalue weighted by atomic mass is 19.4. The van der Waals surface area contributed by atoms with E-state index in [0.717, 1.165) is 36.5 Å². The van der Waals surface area contributed by atoms with Crippen molar-refractivity contribution in [3.63, 3.8) is 0 Å². The molecule has 4 rings (SSSR count). The van der Waals surface area contributed by atoms with Gasteiger partial charge in [-0.05, 0) is 66.1 Å². The van der Waals surface area contributed by atoms with E-state index in [1.807, 2.05) is 42.5 Å². The molecular formula is C30H36F3N7O3. The maximum absolute atomic E-state index is 13.3. The quantitative estimate of drug-likeness (QED) is 0.319. The Morgan fingerprint density at radius 1 is 1.26 bits per heavy atom. The first kappa shape index (κ1) is 31.5. The lowest BCUT2D eigenvalue weighted by atomic mass is 9.58. The number of halogens is 3. The molecule has 0 radical (unpaired) electrons. The number of carbonyl (C=O) groups is 2. The number of rotatable bonds is 11. The van der Waals surface area contributed by atoms with Crippen molar-refractivity contribution in [3.8, 4) is 0 Å². The van der Waals surface area contributed by atoms with Gasteiger partial charge < -0.3 is 25.1 Å². The van der Waals surface area contributed by atoms with Gasteiger partial charge in [0.2, 0.25) is 5.91 Å². The molecule has 3 N–H and O–H groups in total. The Hall–Kier alpha value is -4.42. The van der Waals surface area contributed by atoms with Crippen LogP contribution in [-0.4, -0.2) is 43.9 Å². The SMILES string of the molecule is C=CC(=O)Nc1cc(N(Cc2cc(C(N)=O)c(=O)n(CC(F)(F)F)c2)CC(C)C)cc(C2(c3nncn3C)CC(C)C2)c1. The van der Waals surface area contributed by atoms with E-state index in [-0.39, 0.29) is 12.5 Å². The van der Waals surface area contributed by atoms with Crippen molar-refractivity contribution in [2.24, 2.45) is 24.6 Å². The molecule has 2 heterocycles. The lowest BCUT2D eigenvalue weighted by molar-refractivity contribution is -0.141. The average Bonchev–Trinajstić information content (AvgIpc) is 3.32. The number of nitrogens with one attached hydrogen (secondary N) is 1.